The van der Waals surface area contributed by atoms with Crippen LogP contribution in [0.3, 0.4) is 0 Å². The summed E-state index contributed by atoms with van der Waals surface area (Å²) < 4.78 is 19.2. The van der Waals surface area contributed by atoms with Gasteiger partial charge in [-0.25, -0.2) is 9.18 Å². The van der Waals surface area contributed by atoms with E-state index < -0.39 is 11.8 Å². The van der Waals surface area contributed by atoms with Crippen molar-refractivity contribution in [1.29, 1.82) is 0 Å². The van der Waals surface area contributed by atoms with Gasteiger partial charge in [-0.15, -0.1) is 11.3 Å². The maximum atomic E-state index is 13.4. The Hall–Kier alpha value is -3.45. The van der Waals surface area contributed by atoms with Crippen molar-refractivity contribution in [3.05, 3.63) is 82.3 Å². The molecule has 30 heavy (non-hydrogen) atoms. The van der Waals surface area contributed by atoms with Crippen LogP contribution >= 0.6 is 11.3 Å². The summed E-state index contributed by atoms with van der Waals surface area (Å²) in [7, 11) is 0. The average Bonchev–Trinajstić information content (AvgIpc) is 3.12. The molecule has 5 nitrogen and oxygen atoms in total. The maximum Gasteiger partial charge on any atom is 0.346 e. The number of aromatic carboxylic acids is 1. The molecule has 1 aliphatic rings. The van der Waals surface area contributed by atoms with Crippen LogP contribution in [0.2, 0.25) is 0 Å². The molecule has 2 N–H and O–H groups in total. The van der Waals surface area contributed by atoms with Crippen LogP contribution in [0.4, 0.5) is 10.1 Å². The zero-order valence-corrected chi connectivity index (χ0v) is 16.7. The number of fused-ring (bicyclic) bond motifs is 1. The van der Waals surface area contributed by atoms with Crippen molar-refractivity contribution in [3.63, 3.8) is 0 Å². The first-order valence-electron chi connectivity index (χ1n) is 9.28. The predicted molar refractivity (Wildman–Crippen MR) is 114 cm³/mol. The van der Waals surface area contributed by atoms with Crippen LogP contribution in [0, 0.1) is 5.82 Å². The van der Waals surface area contributed by atoms with Crippen molar-refractivity contribution in [1.82, 2.24) is 0 Å². The summed E-state index contributed by atoms with van der Waals surface area (Å²) in [5, 5.41) is 12.6. The Kier molecular flexibility index (Phi) is 5.37. The normalized spacial score (nSPS) is 15.2. The van der Waals surface area contributed by atoms with Crippen LogP contribution in [-0.2, 0) is 4.79 Å². The third kappa shape index (κ3) is 3.59. The number of hydrogen-bond acceptors (Lipinski definition) is 4. The summed E-state index contributed by atoms with van der Waals surface area (Å²) in [5.74, 6) is -1.47. The molecule has 7 heteroatoms. The van der Waals surface area contributed by atoms with E-state index in [0.717, 1.165) is 21.8 Å². The summed E-state index contributed by atoms with van der Waals surface area (Å²) in [5.41, 5.74) is 2.19. The van der Waals surface area contributed by atoms with Gasteiger partial charge in [0.15, 0.2) is 0 Å². The van der Waals surface area contributed by atoms with Gasteiger partial charge in [0.25, 0.3) is 0 Å². The number of thiophene rings is 1. The molecule has 1 aromatic heterocycles. The Morgan fingerprint density at radius 3 is 2.70 bits per heavy atom. The van der Waals surface area contributed by atoms with E-state index >= 15 is 0 Å². The number of carbonyl (C=O) groups is 2. The lowest BCUT2D eigenvalue weighted by Gasteiger charge is -2.25. The molecule has 0 radical (unpaired) electrons. The van der Waals surface area contributed by atoms with Gasteiger partial charge in [-0.2, -0.15) is 0 Å². The van der Waals surface area contributed by atoms with Gasteiger partial charge in [0.1, 0.15) is 23.1 Å². The molecular weight excluding hydrogens is 405 g/mol. The molecule has 0 fully saturated rings. The van der Waals surface area contributed by atoms with Gasteiger partial charge in [-0.05, 0) is 23.8 Å². The monoisotopic (exact) mass is 423 g/mol. The second-order valence-corrected chi connectivity index (χ2v) is 7.85. The number of carboxylic acid groups (broad SMARTS) is 1. The molecular formula is C23H18FNO4S. The Morgan fingerprint density at radius 1 is 1.27 bits per heavy atom. The second kappa shape index (κ2) is 8.12. The number of carbonyl (C=O) groups excluding carboxylic acids is 1. The number of para-hydroxylation sites is 1. The van der Waals surface area contributed by atoms with Crippen molar-refractivity contribution < 1.29 is 23.8 Å². The number of ether oxygens (including phenoxy) is 1. The minimum absolute atomic E-state index is 0.100. The molecule has 1 aliphatic heterocycles. The molecule has 0 saturated heterocycles. The first-order valence-corrected chi connectivity index (χ1v) is 10.1. The van der Waals surface area contributed by atoms with E-state index in [9.17, 15) is 19.1 Å². The highest BCUT2D eigenvalue weighted by atomic mass is 32.1. The first-order chi connectivity index (χ1) is 14.5. The zero-order chi connectivity index (χ0) is 21.3. The van der Waals surface area contributed by atoms with Gasteiger partial charge in [-0.1, -0.05) is 43.0 Å². The van der Waals surface area contributed by atoms with E-state index in [0.29, 0.717) is 29.2 Å². The Labute approximate surface area is 176 Å². The summed E-state index contributed by atoms with van der Waals surface area (Å²) in [4.78, 5) is 25.4. The van der Waals surface area contributed by atoms with Crippen LogP contribution in [0.25, 0.3) is 11.1 Å². The molecule has 2 heterocycles. The average molecular weight is 423 g/mol. The lowest BCUT2D eigenvalue weighted by Crippen LogP contribution is -2.23. The zero-order valence-electron chi connectivity index (χ0n) is 15.9. The van der Waals surface area contributed by atoms with Crippen LogP contribution in [0.5, 0.6) is 5.75 Å². The fraction of sp³-hybridized carbons (Fsp3) is 0.130. The number of amides is 1. The number of benzene rings is 2. The van der Waals surface area contributed by atoms with Crippen LogP contribution in [-0.4, -0.2) is 23.6 Å². The summed E-state index contributed by atoms with van der Waals surface area (Å²) in [6, 6.07) is 13.0. The SMILES string of the molecule is C=CCOc1ccccc1C1CC(=O)Nc2c1sc(C(=O)O)c2-c1ccc(F)cc1. The second-order valence-electron chi connectivity index (χ2n) is 6.80. The number of rotatable bonds is 6. The van der Waals surface area contributed by atoms with Gasteiger partial charge in [0.2, 0.25) is 5.91 Å². The van der Waals surface area contributed by atoms with Gasteiger partial charge >= 0.3 is 5.97 Å². The van der Waals surface area contributed by atoms with E-state index in [-0.39, 0.29) is 23.1 Å². The van der Waals surface area contributed by atoms with Gasteiger partial charge in [0.05, 0.1) is 5.69 Å². The molecule has 4 rings (SSSR count). The quantitative estimate of drug-likeness (QED) is 0.528. The largest absolute Gasteiger partial charge is 0.489 e. The highest BCUT2D eigenvalue weighted by Crippen LogP contribution is 2.50. The Balaban J connectivity index is 1.90. The van der Waals surface area contributed by atoms with Crippen LogP contribution in [0.15, 0.2) is 61.2 Å². The minimum atomic E-state index is -1.10. The molecule has 152 valence electrons. The van der Waals surface area contributed by atoms with Gasteiger partial charge in [-0.3, -0.25) is 4.79 Å². The van der Waals surface area contributed by atoms with E-state index in [1.165, 1.54) is 24.3 Å². The molecule has 0 bridgehead atoms. The molecule has 0 spiro atoms. The molecule has 3 aromatic rings. The highest BCUT2D eigenvalue weighted by Gasteiger charge is 2.35. The third-order valence-electron chi connectivity index (χ3n) is 4.88. The van der Waals surface area contributed by atoms with Gasteiger partial charge < -0.3 is 15.2 Å². The molecule has 1 atom stereocenters. The standard InChI is InChI=1S/C23H18FNO4S/c1-2-11-29-17-6-4-3-5-15(17)16-12-18(26)25-20-19(13-7-9-14(24)10-8-13)22(23(27)28)30-21(16)20/h2-10,16H,1,11-12H2,(H,25,26)(H,27,28). The topological polar surface area (TPSA) is 75.6 Å². The molecule has 0 aliphatic carbocycles. The lowest BCUT2D eigenvalue weighted by atomic mass is 9.88. The third-order valence-corrected chi connectivity index (χ3v) is 6.18. The number of anilines is 1. The van der Waals surface area contributed by atoms with Crippen LogP contribution < -0.4 is 10.1 Å². The van der Waals surface area contributed by atoms with Crippen molar-refractivity contribution in [2.45, 2.75) is 12.3 Å². The van der Waals surface area contributed by atoms with Crippen molar-refractivity contribution in [2.75, 3.05) is 11.9 Å². The smallest absolute Gasteiger partial charge is 0.346 e. The maximum absolute atomic E-state index is 13.4. The van der Waals surface area contributed by atoms with Crippen molar-refractivity contribution >= 4 is 28.9 Å². The first kappa shape index (κ1) is 19.8. The Bertz CT molecular complexity index is 1140. The summed E-state index contributed by atoms with van der Waals surface area (Å²) >= 11 is 1.12. The molecule has 0 saturated carbocycles. The number of hydrogen-bond donors (Lipinski definition) is 2. The number of carboxylic acids is 1. The van der Waals surface area contributed by atoms with Crippen molar-refractivity contribution in [3.8, 4) is 16.9 Å². The fourth-order valence-corrected chi connectivity index (χ4v) is 4.87. The minimum Gasteiger partial charge on any atom is -0.489 e. The Morgan fingerprint density at radius 2 is 2.00 bits per heavy atom. The van der Waals surface area contributed by atoms with E-state index in [1.54, 1.807) is 6.08 Å². The molecule has 2 aromatic carbocycles. The summed E-state index contributed by atoms with van der Waals surface area (Å²) in [6.07, 6.45) is 1.81. The van der Waals surface area contributed by atoms with E-state index in [4.69, 9.17) is 4.74 Å². The van der Waals surface area contributed by atoms with Gasteiger partial charge in [0, 0.05) is 28.3 Å². The highest BCUT2D eigenvalue weighted by molar-refractivity contribution is 7.15. The fourth-order valence-electron chi connectivity index (χ4n) is 3.63. The van der Waals surface area contributed by atoms with E-state index in [2.05, 4.69) is 11.9 Å². The molecule has 1 amide bonds. The number of nitrogens with one attached hydrogen (secondary N) is 1. The number of halogens is 1. The molecule has 1 unspecified atom stereocenters. The predicted octanol–water partition coefficient (Wildman–Crippen LogP) is 5.29. The summed E-state index contributed by atoms with van der Waals surface area (Å²) in [6.45, 7) is 3.97. The van der Waals surface area contributed by atoms with E-state index in [1.807, 2.05) is 24.3 Å². The lowest BCUT2D eigenvalue weighted by molar-refractivity contribution is -0.116. The van der Waals surface area contributed by atoms with Crippen LogP contribution in [0.1, 0.15) is 32.5 Å². The van der Waals surface area contributed by atoms with Crippen molar-refractivity contribution in [2.24, 2.45) is 0 Å².